The molecule has 4 heteroatoms. The molecule has 2 heterocycles. The highest BCUT2D eigenvalue weighted by molar-refractivity contribution is 5.26. The zero-order valence-electron chi connectivity index (χ0n) is 11.5. The molecule has 1 fully saturated rings. The van der Waals surface area contributed by atoms with Gasteiger partial charge in [0, 0.05) is 38.1 Å². The minimum atomic E-state index is 0.665. The largest absolute Gasteiger partial charge is 0.355 e. The Morgan fingerprint density at radius 1 is 1.61 bits per heavy atom. The van der Waals surface area contributed by atoms with Crippen LogP contribution >= 0.6 is 0 Å². The van der Waals surface area contributed by atoms with E-state index in [1.54, 1.807) is 0 Å². The summed E-state index contributed by atoms with van der Waals surface area (Å²) in [5.74, 6) is 1.69. The quantitative estimate of drug-likeness (QED) is 0.784. The average Bonchev–Trinajstić information content (AvgIpc) is 2.95. The molecule has 4 nitrogen and oxygen atoms in total. The number of hydrogen-bond acceptors (Lipinski definition) is 3. The highest BCUT2D eigenvalue weighted by Crippen LogP contribution is 2.19. The number of anilines is 1. The molecule has 100 valence electrons. The predicted octanol–water partition coefficient (Wildman–Crippen LogP) is 2.21. The maximum Gasteiger partial charge on any atom is 0.203 e. The van der Waals surface area contributed by atoms with Crippen LogP contribution in [0.1, 0.15) is 20.3 Å². The van der Waals surface area contributed by atoms with Crippen LogP contribution in [0.15, 0.2) is 25.0 Å². The van der Waals surface area contributed by atoms with Crippen LogP contribution in [0, 0.1) is 5.92 Å². The predicted molar refractivity (Wildman–Crippen MR) is 75.7 cm³/mol. The second-order valence-corrected chi connectivity index (χ2v) is 5.32. The Labute approximate surface area is 110 Å². The van der Waals surface area contributed by atoms with Crippen molar-refractivity contribution in [3.8, 4) is 0 Å². The summed E-state index contributed by atoms with van der Waals surface area (Å²) in [6.07, 6.45) is 7.00. The average molecular weight is 248 g/mol. The van der Waals surface area contributed by atoms with Crippen LogP contribution in [0.3, 0.4) is 0 Å². The summed E-state index contributed by atoms with van der Waals surface area (Å²) in [6, 6.07) is 0.665. The molecule has 1 aliphatic heterocycles. The van der Waals surface area contributed by atoms with Gasteiger partial charge in [-0.05, 0) is 32.7 Å². The molecule has 1 atom stereocenters. The van der Waals surface area contributed by atoms with Crippen LogP contribution in [-0.2, 0) is 6.54 Å². The van der Waals surface area contributed by atoms with Crippen LogP contribution in [0.4, 0.5) is 5.95 Å². The van der Waals surface area contributed by atoms with E-state index in [1.807, 2.05) is 18.5 Å². The lowest BCUT2D eigenvalue weighted by molar-refractivity contribution is 0.266. The minimum absolute atomic E-state index is 0.665. The third kappa shape index (κ3) is 3.13. The van der Waals surface area contributed by atoms with Crippen LogP contribution in [-0.4, -0.2) is 40.1 Å². The van der Waals surface area contributed by atoms with E-state index in [1.165, 1.54) is 19.5 Å². The molecule has 1 aromatic heterocycles. The minimum Gasteiger partial charge on any atom is -0.355 e. The van der Waals surface area contributed by atoms with Gasteiger partial charge in [-0.3, -0.25) is 0 Å². The van der Waals surface area contributed by atoms with Gasteiger partial charge in [-0.1, -0.05) is 6.08 Å². The van der Waals surface area contributed by atoms with Crippen molar-refractivity contribution in [1.82, 2.24) is 14.5 Å². The van der Waals surface area contributed by atoms with Crippen molar-refractivity contribution < 1.29 is 0 Å². The number of imidazole rings is 1. The molecule has 0 amide bonds. The molecule has 2 rings (SSSR count). The van der Waals surface area contributed by atoms with Gasteiger partial charge in [0.15, 0.2) is 0 Å². The fraction of sp³-hybridized carbons (Fsp3) is 0.643. The maximum atomic E-state index is 4.34. The molecule has 0 bridgehead atoms. The molecule has 0 saturated carbocycles. The van der Waals surface area contributed by atoms with Gasteiger partial charge >= 0.3 is 0 Å². The number of rotatable bonds is 6. The van der Waals surface area contributed by atoms with E-state index in [-0.39, 0.29) is 0 Å². The Bertz CT molecular complexity index is 383. The van der Waals surface area contributed by atoms with Crippen LogP contribution in [0.2, 0.25) is 0 Å². The Kier molecular flexibility index (Phi) is 4.42. The monoisotopic (exact) mass is 248 g/mol. The van der Waals surface area contributed by atoms with E-state index in [9.17, 15) is 0 Å². The summed E-state index contributed by atoms with van der Waals surface area (Å²) < 4.78 is 2.09. The molecular formula is C14H24N4. The molecule has 1 unspecified atom stereocenters. The van der Waals surface area contributed by atoms with Crippen LogP contribution in [0.5, 0.6) is 0 Å². The molecule has 0 aliphatic carbocycles. The second-order valence-electron chi connectivity index (χ2n) is 5.32. The summed E-state index contributed by atoms with van der Waals surface area (Å²) in [5.41, 5.74) is 0. The standard InChI is InChI=1S/C14H24N4/c1-4-7-17-9-6-15-14(17)16-10-13-5-8-18(11-13)12(2)3/h4,6,9,12-13H,1,5,7-8,10-11H2,2-3H3,(H,15,16). The van der Waals surface area contributed by atoms with Crippen molar-refractivity contribution in [1.29, 1.82) is 0 Å². The fourth-order valence-electron chi connectivity index (χ4n) is 2.50. The maximum absolute atomic E-state index is 4.34. The smallest absolute Gasteiger partial charge is 0.203 e. The third-order valence-corrected chi connectivity index (χ3v) is 3.64. The molecular weight excluding hydrogens is 224 g/mol. The lowest BCUT2D eigenvalue weighted by Crippen LogP contribution is -2.29. The Morgan fingerprint density at radius 3 is 3.11 bits per heavy atom. The van der Waals surface area contributed by atoms with Crippen molar-refractivity contribution >= 4 is 5.95 Å². The molecule has 1 aromatic rings. The van der Waals surface area contributed by atoms with Gasteiger partial charge < -0.3 is 14.8 Å². The van der Waals surface area contributed by atoms with E-state index < -0.39 is 0 Å². The zero-order valence-corrected chi connectivity index (χ0v) is 11.5. The lowest BCUT2D eigenvalue weighted by atomic mass is 10.1. The molecule has 1 N–H and O–H groups in total. The molecule has 18 heavy (non-hydrogen) atoms. The molecule has 1 aliphatic rings. The molecule has 1 saturated heterocycles. The number of nitrogens with one attached hydrogen (secondary N) is 1. The Morgan fingerprint density at radius 2 is 2.44 bits per heavy atom. The SMILES string of the molecule is C=CCn1ccnc1NCC1CCN(C(C)C)C1. The topological polar surface area (TPSA) is 33.1 Å². The Balaban J connectivity index is 1.81. The van der Waals surface area contributed by atoms with Gasteiger partial charge in [0.05, 0.1) is 0 Å². The second kappa shape index (κ2) is 6.05. The fourth-order valence-corrected chi connectivity index (χ4v) is 2.50. The van der Waals surface area contributed by atoms with E-state index in [0.29, 0.717) is 6.04 Å². The first-order chi connectivity index (χ1) is 8.70. The highest BCUT2D eigenvalue weighted by Gasteiger charge is 2.24. The van der Waals surface area contributed by atoms with Crippen molar-refractivity contribution in [3.05, 3.63) is 25.0 Å². The first kappa shape index (κ1) is 13.1. The number of hydrogen-bond donors (Lipinski definition) is 1. The third-order valence-electron chi connectivity index (χ3n) is 3.64. The molecule has 0 spiro atoms. The first-order valence-electron chi connectivity index (χ1n) is 6.80. The number of aromatic nitrogens is 2. The van der Waals surface area contributed by atoms with Crippen LogP contribution < -0.4 is 5.32 Å². The summed E-state index contributed by atoms with van der Waals surface area (Å²) in [6.45, 7) is 12.6. The van der Waals surface area contributed by atoms with Crippen molar-refractivity contribution in [3.63, 3.8) is 0 Å². The normalized spacial score (nSPS) is 20.5. The summed E-state index contributed by atoms with van der Waals surface area (Å²) in [7, 11) is 0. The van der Waals surface area contributed by atoms with E-state index in [2.05, 4.69) is 40.2 Å². The number of likely N-dealkylation sites (tertiary alicyclic amines) is 1. The lowest BCUT2D eigenvalue weighted by Gasteiger charge is -2.20. The van der Waals surface area contributed by atoms with E-state index in [0.717, 1.165) is 25.0 Å². The number of nitrogens with zero attached hydrogens (tertiary/aromatic N) is 3. The summed E-state index contributed by atoms with van der Waals surface area (Å²) >= 11 is 0. The first-order valence-corrected chi connectivity index (χ1v) is 6.80. The summed E-state index contributed by atoms with van der Waals surface area (Å²) in [4.78, 5) is 6.88. The highest BCUT2D eigenvalue weighted by atomic mass is 15.2. The summed E-state index contributed by atoms with van der Waals surface area (Å²) in [5, 5.41) is 3.46. The zero-order chi connectivity index (χ0) is 13.0. The number of allylic oxidation sites excluding steroid dienone is 1. The van der Waals surface area contributed by atoms with E-state index >= 15 is 0 Å². The van der Waals surface area contributed by atoms with Crippen LogP contribution in [0.25, 0.3) is 0 Å². The van der Waals surface area contributed by atoms with Gasteiger partial charge in [0.2, 0.25) is 5.95 Å². The van der Waals surface area contributed by atoms with Gasteiger partial charge in [-0.2, -0.15) is 0 Å². The van der Waals surface area contributed by atoms with E-state index in [4.69, 9.17) is 0 Å². The van der Waals surface area contributed by atoms with Crippen molar-refractivity contribution in [2.75, 3.05) is 25.0 Å². The van der Waals surface area contributed by atoms with Gasteiger partial charge in [-0.15, -0.1) is 6.58 Å². The van der Waals surface area contributed by atoms with Gasteiger partial charge in [0.1, 0.15) is 0 Å². The molecule has 0 radical (unpaired) electrons. The van der Waals surface area contributed by atoms with Crippen molar-refractivity contribution in [2.45, 2.75) is 32.9 Å². The van der Waals surface area contributed by atoms with Gasteiger partial charge in [0.25, 0.3) is 0 Å². The van der Waals surface area contributed by atoms with Gasteiger partial charge in [-0.25, -0.2) is 4.98 Å². The Hall–Kier alpha value is -1.29. The molecule has 0 aromatic carbocycles. The van der Waals surface area contributed by atoms with Crippen molar-refractivity contribution in [2.24, 2.45) is 5.92 Å².